The van der Waals surface area contributed by atoms with Crippen molar-refractivity contribution < 1.29 is 22.8 Å². The Morgan fingerprint density at radius 2 is 1.80 bits per heavy atom. The summed E-state index contributed by atoms with van der Waals surface area (Å²) in [6.45, 7) is -0.410. The summed E-state index contributed by atoms with van der Waals surface area (Å²) in [5.41, 5.74) is 0.491. The molecule has 2 N–H and O–H groups in total. The molecule has 1 aromatic rings. The van der Waals surface area contributed by atoms with Crippen molar-refractivity contribution in [3.8, 4) is 0 Å². The second-order valence-corrected chi connectivity index (χ2v) is 8.30. The van der Waals surface area contributed by atoms with Crippen molar-refractivity contribution in [2.24, 2.45) is 0 Å². The van der Waals surface area contributed by atoms with Gasteiger partial charge in [0.15, 0.2) is 0 Å². The van der Waals surface area contributed by atoms with Gasteiger partial charge in [0, 0.05) is 31.7 Å². The molecule has 1 heterocycles. The minimum Gasteiger partial charge on any atom is -0.353 e. The number of carbonyl (C=O) groups excluding carboxylic acids is 3. The van der Waals surface area contributed by atoms with E-state index in [0.29, 0.717) is 4.47 Å². The van der Waals surface area contributed by atoms with E-state index < -0.39 is 34.5 Å². The molecule has 3 amide bonds. The molecule has 9 nitrogen and oxygen atoms in total. The molecule has 0 saturated heterocycles. The molecule has 25 heavy (non-hydrogen) atoms. The van der Waals surface area contributed by atoms with Gasteiger partial charge in [-0.1, -0.05) is 15.9 Å². The maximum absolute atomic E-state index is 12.2. The number of imide groups is 1. The van der Waals surface area contributed by atoms with Crippen LogP contribution in [0.3, 0.4) is 0 Å². The van der Waals surface area contributed by atoms with E-state index >= 15 is 0 Å². The average Bonchev–Trinajstić information content (AvgIpc) is 2.76. The first-order chi connectivity index (χ1) is 11.6. The lowest BCUT2D eigenvalue weighted by Crippen LogP contribution is -2.44. The number of carbonyl (C=O) groups is 3. The lowest BCUT2D eigenvalue weighted by molar-refractivity contribution is -0.121. The Labute approximate surface area is 153 Å². The fraction of sp³-hybridized carbons (Fsp3) is 0.357. The van der Waals surface area contributed by atoms with Gasteiger partial charge >= 0.3 is 0 Å². The van der Waals surface area contributed by atoms with Crippen LogP contribution >= 0.6 is 15.9 Å². The number of halogens is 1. The highest BCUT2D eigenvalue weighted by molar-refractivity contribution is 9.10. The zero-order chi connectivity index (χ0) is 18.8. The first-order valence-corrected chi connectivity index (χ1v) is 9.46. The lowest BCUT2D eigenvalue weighted by Gasteiger charge is -2.15. The first-order valence-electron chi connectivity index (χ1n) is 7.23. The molecule has 0 atom stereocenters. The standard InChI is InChI=1S/C14H17BrN4O5S/c1-18(2)25(23,24)17-6-5-16-12(20)8-19-13(21)10-4-3-9(15)7-11(10)14(19)22/h3-4,7,17H,5-6,8H2,1-2H3,(H,16,20). The number of hydrogen-bond donors (Lipinski definition) is 2. The molecule has 0 aromatic heterocycles. The van der Waals surface area contributed by atoms with E-state index in [1.807, 2.05) is 0 Å². The van der Waals surface area contributed by atoms with E-state index in [-0.39, 0.29) is 24.2 Å². The Balaban J connectivity index is 1.88. The summed E-state index contributed by atoms with van der Waals surface area (Å²) >= 11 is 3.23. The predicted molar refractivity (Wildman–Crippen MR) is 93.1 cm³/mol. The maximum Gasteiger partial charge on any atom is 0.278 e. The number of amides is 3. The number of nitrogens with zero attached hydrogens (tertiary/aromatic N) is 2. The predicted octanol–water partition coefficient (Wildman–Crippen LogP) is -0.443. The van der Waals surface area contributed by atoms with Gasteiger partial charge in [0.2, 0.25) is 5.91 Å². The SMILES string of the molecule is CN(C)S(=O)(=O)NCCNC(=O)CN1C(=O)c2ccc(Br)cc2C1=O. The molecule has 136 valence electrons. The highest BCUT2D eigenvalue weighted by Gasteiger charge is 2.36. The molecule has 0 spiro atoms. The largest absolute Gasteiger partial charge is 0.353 e. The number of benzene rings is 1. The molecule has 1 aliphatic heterocycles. The van der Waals surface area contributed by atoms with Gasteiger partial charge in [-0.25, -0.2) is 4.72 Å². The van der Waals surface area contributed by atoms with Crippen LogP contribution in [0.15, 0.2) is 22.7 Å². The molecule has 2 rings (SSSR count). The fourth-order valence-corrected chi connectivity index (χ4v) is 3.10. The molecule has 0 bridgehead atoms. The van der Waals surface area contributed by atoms with Crippen molar-refractivity contribution in [2.75, 3.05) is 33.7 Å². The monoisotopic (exact) mass is 432 g/mol. The topological polar surface area (TPSA) is 116 Å². The second-order valence-electron chi connectivity index (χ2n) is 5.42. The molecule has 0 saturated carbocycles. The first kappa shape index (κ1) is 19.5. The van der Waals surface area contributed by atoms with Crippen LogP contribution in [0.2, 0.25) is 0 Å². The van der Waals surface area contributed by atoms with E-state index in [0.717, 1.165) is 9.21 Å². The minimum absolute atomic E-state index is 0.0126. The number of hydrogen-bond acceptors (Lipinski definition) is 5. The van der Waals surface area contributed by atoms with Gasteiger partial charge in [-0.3, -0.25) is 19.3 Å². The minimum atomic E-state index is -3.57. The smallest absolute Gasteiger partial charge is 0.278 e. The Kier molecular flexibility index (Phi) is 5.93. The highest BCUT2D eigenvalue weighted by atomic mass is 79.9. The van der Waals surface area contributed by atoms with Crippen molar-refractivity contribution in [1.82, 2.24) is 19.2 Å². The summed E-state index contributed by atoms with van der Waals surface area (Å²) in [6.07, 6.45) is 0. The molecular formula is C14H17BrN4O5S. The van der Waals surface area contributed by atoms with Gasteiger partial charge in [0.25, 0.3) is 22.0 Å². The third kappa shape index (κ3) is 4.42. The normalized spacial score (nSPS) is 14.2. The van der Waals surface area contributed by atoms with Crippen LogP contribution in [0.5, 0.6) is 0 Å². The highest BCUT2D eigenvalue weighted by Crippen LogP contribution is 2.25. The van der Waals surface area contributed by atoms with E-state index in [9.17, 15) is 22.8 Å². The van der Waals surface area contributed by atoms with Crippen molar-refractivity contribution in [3.63, 3.8) is 0 Å². The van der Waals surface area contributed by atoms with Crippen LogP contribution < -0.4 is 10.0 Å². The van der Waals surface area contributed by atoms with Crippen LogP contribution in [0, 0.1) is 0 Å². The van der Waals surface area contributed by atoms with E-state index in [1.165, 1.54) is 26.2 Å². The number of rotatable bonds is 7. The van der Waals surface area contributed by atoms with E-state index in [4.69, 9.17) is 0 Å². The zero-order valence-corrected chi connectivity index (χ0v) is 16.0. The molecule has 0 radical (unpaired) electrons. The Morgan fingerprint density at radius 1 is 1.16 bits per heavy atom. The summed E-state index contributed by atoms with van der Waals surface area (Å²) in [7, 11) is -0.814. The van der Waals surface area contributed by atoms with Crippen molar-refractivity contribution in [3.05, 3.63) is 33.8 Å². The zero-order valence-electron chi connectivity index (χ0n) is 13.6. The Bertz CT molecular complexity index is 825. The van der Waals surface area contributed by atoms with Crippen molar-refractivity contribution in [1.29, 1.82) is 0 Å². The van der Waals surface area contributed by atoms with Crippen LogP contribution in [0.25, 0.3) is 0 Å². The van der Waals surface area contributed by atoms with Crippen LogP contribution in [0.1, 0.15) is 20.7 Å². The molecule has 1 aliphatic rings. The maximum atomic E-state index is 12.2. The fourth-order valence-electron chi connectivity index (χ4n) is 2.12. The van der Waals surface area contributed by atoms with Crippen molar-refractivity contribution in [2.45, 2.75) is 0 Å². The molecule has 11 heteroatoms. The van der Waals surface area contributed by atoms with Gasteiger partial charge in [0.1, 0.15) is 6.54 Å². The van der Waals surface area contributed by atoms with Gasteiger partial charge in [-0.05, 0) is 18.2 Å². The van der Waals surface area contributed by atoms with E-state index in [2.05, 4.69) is 26.0 Å². The third-order valence-electron chi connectivity index (χ3n) is 3.45. The Morgan fingerprint density at radius 3 is 2.44 bits per heavy atom. The quantitative estimate of drug-likeness (QED) is 0.447. The van der Waals surface area contributed by atoms with Gasteiger partial charge in [-0.15, -0.1) is 0 Å². The average molecular weight is 433 g/mol. The van der Waals surface area contributed by atoms with Crippen LogP contribution in [0.4, 0.5) is 0 Å². The molecule has 0 fully saturated rings. The van der Waals surface area contributed by atoms with E-state index in [1.54, 1.807) is 6.07 Å². The molecule has 1 aromatic carbocycles. The molecule has 0 unspecified atom stereocenters. The molecule has 0 aliphatic carbocycles. The number of fused-ring (bicyclic) bond motifs is 1. The summed E-state index contributed by atoms with van der Waals surface area (Å²) in [4.78, 5) is 37.2. The third-order valence-corrected chi connectivity index (χ3v) is 5.47. The van der Waals surface area contributed by atoms with Crippen LogP contribution in [-0.2, 0) is 15.0 Å². The summed E-state index contributed by atoms with van der Waals surface area (Å²) in [5.74, 6) is -1.63. The van der Waals surface area contributed by atoms with Crippen LogP contribution in [-0.4, -0.2) is 69.1 Å². The van der Waals surface area contributed by atoms with Gasteiger partial charge in [-0.2, -0.15) is 12.7 Å². The van der Waals surface area contributed by atoms with Gasteiger partial charge in [0.05, 0.1) is 11.1 Å². The van der Waals surface area contributed by atoms with Crippen molar-refractivity contribution >= 4 is 43.9 Å². The number of nitrogens with one attached hydrogen (secondary N) is 2. The Hall–Kier alpha value is -1.82. The molecular weight excluding hydrogens is 416 g/mol. The second kappa shape index (κ2) is 7.60. The summed E-state index contributed by atoms with van der Waals surface area (Å²) < 4.78 is 26.9. The summed E-state index contributed by atoms with van der Waals surface area (Å²) in [6, 6.07) is 4.70. The van der Waals surface area contributed by atoms with Gasteiger partial charge < -0.3 is 5.32 Å². The lowest BCUT2D eigenvalue weighted by atomic mass is 10.1. The summed E-state index contributed by atoms with van der Waals surface area (Å²) in [5, 5.41) is 2.46.